The summed E-state index contributed by atoms with van der Waals surface area (Å²) in [5.74, 6) is -0.735. The first-order chi connectivity index (χ1) is 17.5. The van der Waals surface area contributed by atoms with Gasteiger partial charge in [0.1, 0.15) is 5.75 Å². The Bertz CT molecular complexity index is 1410. The lowest BCUT2D eigenvalue weighted by Gasteiger charge is -2.29. The summed E-state index contributed by atoms with van der Waals surface area (Å²) in [7, 11) is -3.62. The zero-order valence-electron chi connectivity index (χ0n) is 19.7. The second-order valence-electron chi connectivity index (χ2n) is 8.38. The third-order valence-electron chi connectivity index (χ3n) is 5.91. The van der Waals surface area contributed by atoms with Crippen LogP contribution in [0.4, 0.5) is 24.5 Å². The van der Waals surface area contributed by atoms with Gasteiger partial charge in [0.05, 0.1) is 29.3 Å². The van der Waals surface area contributed by atoms with E-state index in [1.807, 2.05) is 6.07 Å². The van der Waals surface area contributed by atoms with Gasteiger partial charge in [0.2, 0.25) is 10.0 Å². The quantitative estimate of drug-likeness (QED) is 0.412. The number of phenols is 1. The molecule has 0 saturated heterocycles. The van der Waals surface area contributed by atoms with Crippen LogP contribution < -0.4 is 9.62 Å². The van der Waals surface area contributed by atoms with Crippen LogP contribution in [0, 0.1) is 0 Å². The Labute approximate surface area is 211 Å². The summed E-state index contributed by atoms with van der Waals surface area (Å²) in [6.45, 7) is 1.33. The zero-order valence-corrected chi connectivity index (χ0v) is 20.6. The molecule has 1 amide bonds. The predicted octanol–water partition coefficient (Wildman–Crippen LogP) is 4.50. The largest absolute Gasteiger partial charge is 0.522 e. The Hall–Kier alpha value is -3.64. The molecule has 2 aromatic carbocycles. The van der Waals surface area contributed by atoms with Crippen LogP contribution in [0.25, 0.3) is 11.3 Å². The van der Waals surface area contributed by atoms with E-state index in [2.05, 4.69) is 14.4 Å². The number of nitrogens with zero attached hydrogens (tertiary/aromatic N) is 2. The highest BCUT2D eigenvalue weighted by atomic mass is 32.2. The average molecular weight is 536 g/mol. The Morgan fingerprint density at radius 3 is 2.54 bits per heavy atom. The number of aromatic hydroxyl groups is 1. The van der Waals surface area contributed by atoms with Crippen molar-refractivity contribution in [3.63, 3.8) is 0 Å². The van der Waals surface area contributed by atoms with Gasteiger partial charge < -0.3 is 10.0 Å². The molecule has 0 unspecified atom stereocenters. The molecule has 2 heterocycles. The van der Waals surface area contributed by atoms with Crippen LogP contribution >= 0.6 is 0 Å². The first-order valence-corrected chi connectivity index (χ1v) is 13.1. The molecule has 0 atom stereocenters. The Kier molecular flexibility index (Phi) is 7.42. The lowest BCUT2D eigenvalue weighted by Crippen LogP contribution is -2.37. The topological polar surface area (TPSA) is 109 Å². The fourth-order valence-corrected chi connectivity index (χ4v) is 4.56. The van der Waals surface area contributed by atoms with Gasteiger partial charge >= 0.3 is 6.36 Å². The fraction of sp³-hybridized carbons (Fsp3) is 0.280. The fourth-order valence-electron chi connectivity index (χ4n) is 3.92. The number of anilines is 2. The highest BCUT2D eigenvalue weighted by Crippen LogP contribution is 2.33. The number of fused-ring (bicyclic) bond motifs is 1. The van der Waals surface area contributed by atoms with Crippen LogP contribution in [0.2, 0.25) is 0 Å². The number of halogens is 3. The molecular formula is C25H24F3N3O5S. The Morgan fingerprint density at radius 2 is 1.86 bits per heavy atom. The summed E-state index contributed by atoms with van der Waals surface area (Å²) in [6.07, 6.45) is -2.55. The van der Waals surface area contributed by atoms with E-state index in [1.54, 1.807) is 24.3 Å². The number of ether oxygens (including phenoxy) is 1. The van der Waals surface area contributed by atoms with Crippen molar-refractivity contribution in [2.75, 3.05) is 28.5 Å². The second-order valence-corrected chi connectivity index (χ2v) is 10.4. The van der Waals surface area contributed by atoms with Gasteiger partial charge in [0.25, 0.3) is 5.91 Å². The van der Waals surface area contributed by atoms with Crippen molar-refractivity contribution >= 4 is 27.3 Å². The molecule has 0 saturated carbocycles. The van der Waals surface area contributed by atoms with Gasteiger partial charge in [-0.2, -0.15) is 0 Å². The molecule has 37 heavy (non-hydrogen) atoms. The molecule has 196 valence electrons. The zero-order chi connectivity index (χ0) is 26.8. The van der Waals surface area contributed by atoms with Gasteiger partial charge in [-0.1, -0.05) is 24.3 Å². The minimum absolute atomic E-state index is 0.0140. The van der Waals surface area contributed by atoms with E-state index < -0.39 is 23.0 Å². The van der Waals surface area contributed by atoms with Crippen molar-refractivity contribution in [3.05, 3.63) is 71.4 Å². The van der Waals surface area contributed by atoms with Gasteiger partial charge in [-0.15, -0.1) is 13.2 Å². The van der Waals surface area contributed by atoms with E-state index in [1.165, 1.54) is 36.2 Å². The minimum atomic E-state index is -4.66. The Balaban J connectivity index is 1.50. The molecule has 1 aliphatic rings. The first kappa shape index (κ1) is 26.4. The van der Waals surface area contributed by atoms with Crippen molar-refractivity contribution < 1.29 is 36.2 Å². The normalized spacial score (nSPS) is 13.9. The third-order valence-corrected chi connectivity index (χ3v) is 7.20. The van der Waals surface area contributed by atoms with Crippen LogP contribution in [0.1, 0.15) is 28.4 Å². The maximum atomic E-state index is 13.2. The molecule has 4 rings (SSSR count). The Morgan fingerprint density at radius 1 is 1.14 bits per heavy atom. The van der Waals surface area contributed by atoms with Crippen LogP contribution in [0.3, 0.4) is 0 Å². The van der Waals surface area contributed by atoms with Gasteiger partial charge in [-0.25, -0.2) is 8.42 Å². The lowest BCUT2D eigenvalue weighted by atomic mass is 9.97. The summed E-state index contributed by atoms with van der Waals surface area (Å²) in [6, 6.07) is 13.0. The number of alkyl halides is 3. The number of phenolic OH excluding ortho intramolecular Hbond substituents is 1. The number of hydrogen-bond donors (Lipinski definition) is 2. The lowest BCUT2D eigenvalue weighted by molar-refractivity contribution is -0.324. The number of benzene rings is 2. The standard InChI is InChI=1S/C25H24F3N3O5S/c1-2-37(34,35)30-22-14-19(7-8-23(22)32)31-11-9-18-13-21(29-15-20(18)24(31)33)17-5-3-16(4-6-17)10-12-36-25(26,27)28/h3-8,13-15,30,32H,2,9-12H2,1H3. The van der Waals surface area contributed by atoms with Gasteiger partial charge in [-0.3, -0.25) is 19.2 Å². The monoisotopic (exact) mass is 535 g/mol. The van der Waals surface area contributed by atoms with Crippen LogP contribution in [0.15, 0.2) is 54.7 Å². The number of amides is 1. The van der Waals surface area contributed by atoms with Crippen molar-refractivity contribution in [1.82, 2.24) is 4.98 Å². The number of pyridine rings is 1. The molecule has 3 aromatic rings. The predicted molar refractivity (Wildman–Crippen MR) is 132 cm³/mol. The van der Waals surface area contributed by atoms with Crippen molar-refractivity contribution in [1.29, 1.82) is 0 Å². The number of aromatic nitrogens is 1. The highest BCUT2D eigenvalue weighted by molar-refractivity contribution is 7.92. The first-order valence-electron chi connectivity index (χ1n) is 11.4. The summed E-state index contributed by atoms with van der Waals surface area (Å²) < 4.78 is 66.4. The summed E-state index contributed by atoms with van der Waals surface area (Å²) in [5, 5.41) is 10.1. The second kappa shape index (κ2) is 10.4. The molecule has 1 aliphatic heterocycles. The van der Waals surface area contributed by atoms with E-state index in [0.29, 0.717) is 35.5 Å². The molecule has 1 aromatic heterocycles. The van der Waals surface area contributed by atoms with Crippen LogP contribution in [-0.2, 0) is 27.6 Å². The SMILES string of the molecule is CCS(=O)(=O)Nc1cc(N2CCc3cc(-c4ccc(CCOC(F)(F)F)cc4)ncc3C2=O)ccc1O. The molecular weight excluding hydrogens is 511 g/mol. The smallest absolute Gasteiger partial charge is 0.506 e. The van der Waals surface area contributed by atoms with E-state index in [0.717, 1.165) is 11.1 Å². The van der Waals surface area contributed by atoms with E-state index in [4.69, 9.17) is 0 Å². The maximum absolute atomic E-state index is 13.2. The van der Waals surface area contributed by atoms with Crippen LogP contribution in [0.5, 0.6) is 5.75 Å². The number of carbonyl (C=O) groups is 1. The molecule has 0 spiro atoms. The summed E-state index contributed by atoms with van der Waals surface area (Å²) in [5.41, 5.74) is 3.67. The number of hydrogen-bond acceptors (Lipinski definition) is 6. The minimum Gasteiger partial charge on any atom is -0.506 e. The average Bonchev–Trinajstić information content (AvgIpc) is 2.85. The molecule has 0 bridgehead atoms. The number of carbonyl (C=O) groups excluding carboxylic acids is 1. The van der Waals surface area contributed by atoms with E-state index in [-0.39, 0.29) is 29.5 Å². The summed E-state index contributed by atoms with van der Waals surface area (Å²) >= 11 is 0. The van der Waals surface area contributed by atoms with Gasteiger partial charge in [0, 0.05) is 24.0 Å². The third kappa shape index (κ3) is 6.38. The molecule has 2 N–H and O–H groups in total. The van der Waals surface area contributed by atoms with Gasteiger partial charge in [-0.05, 0) is 55.2 Å². The van der Waals surface area contributed by atoms with E-state index in [9.17, 15) is 31.5 Å². The van der Waals surface area contributed by atoms with Crippen molar-refractivity contribution in [2.45, 2.75) is 26.1 Å². The molecule has 12 heteroatoms. The van der Waals surface area contributed by atoms with Crippen molar-refractivity contribution in [3.8, 4) is 17.0 Å². The number of sulfonamides is 1. The molecule has 0 fully saturated rings. The molecule has 0 aliphatic carbocycles. The maximum Gasteiger partial charge on any atom is 0.522 e. The van der Waals surface area contributed by atoms with Gasteiger partial charge in [0.15, 0.2) is 0 Å². The molecule has 8 nitrogen and oxygen atoms in total. The molecule has 0 radical (unpaired) electrons. The van der Waals surface area contributed by atoms with Crippen LogP contribution in [-0.4, -0.2) is 49.7 Å². The number of rotatable bonds is 8. The summed E-state index contributed by atoms with van der Waals surface area (Å²) in [4.78, 5) is 19.1. The van der Waals surface area contributed by atoms with E-state index >= 15 is 0 Å². The highest BCUT2D eigenvalue weighted by Gasteiger charge is 2.29. The number of nitrogens with one attached hydrogen (secondary N) is 1. The van der Waals surface area contributed by atoms with Crippen molar-refractivity contribution in [2.24, 2.45) is 0 Å².